The third-order valence-electron chi connectivity index (χ3n) is 6.97. The van der Waals surface area contributed by atoms with Crippen LogP contribution < -0.4 is 0 Å². The predicted octanol–water partition coefficient (Wildman–Crippen LogP) is 4.24. The van der Waals surface area contributed by atoms with Gasteiger partial charge in [0.1, 0.15) is 5.76 Å². The Morgan fingerprint density at radius 1 is 1.11 bits per heavy atom. The van der Waals surface area contributed by atoms with Gasteiger partial charge in [0, 0.05) is 18.7 Å². The number of carbonyl (C=O) groups excluding carboxylic acids is 2. The Morgan fingerprint density at radius 3 is 2.47 bits per heavy atom. The first-order valence-electron chi connectivity index (χ1n) is 12.6. The van der Waals surface area contributed by atoms with Crippen molar-refractivity contribution in [1.82, 2.24) is 19.6 Å². The highest BCUT2D eigenvalue weighted by molar-refractivity contribution is 6.46. The summed E-state index contributed by atoms with van der Waals surface area (Å²) in [7, 11) is 0. The number of likely N-dealkylation sites (tertiary alicyclic amines) is 1. The Kier molecular flexibility index (Phi) is 8.02. The largest absolute Gasteiger partial charge is 0.507 e. The second-order valence-corrected chi connectivity index (χ2v) is 9.12. The number of benzene rings is 2. The number of ketones is 1. The van der Waals surface area contributed by atoms with Crippen LogP contribution in [0.4, 0.5) is 5.69 Å². The van der Waals surface area contributed by atoms with Crippen LogP contribution in [0, 0.1) is 17.0 Å². The maximum Gasteiger partial charge on any atom is 0.295 e. The van der Waals surface area contributed by atoms with E-state index in [1.807, 2.05) is 30.3 Å². The van der Waals surface area contributed by atoms with E-state index in [0.29, 0.717) is 23.2 Å². The van der Waals surface area contributed by atoms with Crippen molar-refractivity contribution in [3.05, 3.63) is 93.3 Å². The van der Waals surface area contributed by atoms with E-state index >= 15 is 0 Å². The van der Waals surface area contributed by atoms with E-state index in [4.69, 9.17) is 0 Å². The standard InChI is InChI=1S/C28H31N5O5/c1-4-30(5-2)15-10-16-31-25(20-11-9-14-22(17-20)33(37)38)24(27(35)28(31)36)26(34)23-18-29-32(19(23)3)21-12-7-6-8-13-21/h6-9,11-14,17-18,25,34H,4-5,10,15-16H2,1-3H3/b26-24+. The van der Waals surface area contributed by atoms with Gasteiger partial charge in [-0.05, 0) is 50.7 Å². The summed E-state index contributed by atoms with van der Waals surface area (Å²) in [5, 5.41) is 27.3. The number of aliphatic hydroxyl groups excluding tert-OH is 1. The quantitative estimate of drug-likeness (QED) is 0.140. The Balaban J connectivity index is 1.80. The Hall–Kier alpha value is -4.31. The van der Waals surface area contributed by atoms with Gasteiger partial charge in [0.25, 0.3) is 17.4 Å². The number of aliphatic hydroxyl groups is 1. The van der Waals surface area contributed by atoms with Crippen LogP contribution in [0.3, 0.4) is 0 Å². The van der Waals surface area contributed by atoms with Crippen molar-refractivity contribution in [3.63, 3.8) is 0 Å². The highest BCUT2D eigenvalue weighted by atomic mass is 16.6. The highest BCUT2D eigenvalue weighted by Gasteiger charge is 2.46. The number of hydrogen-bond acceptors (Lipinski definition) is 7. The first-order valence-corrected chi connectivity index (χ1v) is 12.6. The number of Topliss-reactive ketones (excluding diaryl/α,β-unsaturated/α-hetero) is 1. The number of nitro groups is 1. The Bertz CT molecular complexity index is 1380. The number of nitrogens with zero attached hydrogens (tertiary/aromatic N) is 5. The van der Waals surface area contributed by atoms with Gasteiger partial charge >= 0.3 is 0 Å². The molecular formula is C28H31N5O5. The molecule has 1 N–H and O–H groups in total. The molecule has 10 nitrogen and oxygen atoms in total. The topological polar surface area (TPSA) is 122 Å². The lowest BCUT2D eigenvalue weighted by molar-refractivity contribution is -0.384. The van der Waals surface area contributed by atoms with Gasteiger partial charge in [0.2, 0.25) is 0 Å². The van der Waals surface area contributed by atoms with Crippen molar-refractivity contribution in [2.45, 2.75) is 33.2 Å². The van der Waals surface area contributed by atoms with Gasteiger partial charge in [0.05, 0.1) is 39.7 Å². The van der Waals surface area contributed by atoms with E-state index in [2.05, 4.69) is 23.8 Å². The van der Waals surface area contributed by atoms with Crippen molar-refractivity contribution >= 4 is 23.1 Å². The minimum Gasteiger partial charge on any atom is -0.507 e. The summed E-state index contributed by atoms with van der Waals surface area (Å²) >= 11 is 0. The molecule has 0 radical (unpaired) electrons. The Morgan fingerprint density at radius 2 is 1.82 bits per heavy atom. The minimum absolute atomic E-state index is 0.103. The molecule has 2 aromatic carbocycles. The van der Waals surface area contributed by atoms with E-state index in [9.17, 15) is 24.8 Å². The van der Waals surface area contributed by atoms with Gasteiger partial charge in [-0.25, -0.2) is 4.68 Å². The van der Waals surface area contributed by atoms with Crippen LogP contribution in [-0.4, -0.2) is 67.5 Å². The van der Waals surface area contributed by atoms with Crippen LogP contribution in [0.15, 0.2) is 66.4 Å². The summed E-state index contributed by atoms with van der Waals surface area (Å²) in [5.74, 6) is -1.92. The highest BCUT2D eigenvalue weighted by Crippen LogP contribution is 2.40. The van der Waals surface area contributed by atoms with Crippen LogP contribution in [-0.2, 0) is 9.59 Å². The van der Waals surface area contributed by atoms with E-state index in [1.165, 1.54) is 29.3 Å². The lowest BCUT2D eigenvalue weighted by Crippen LogP contribution is -2.33. The molecule has 1 aliphatic rings. The summed E-state index contributed by atoms with van der Waals surface area (Å²) in [4.78, 5) is 41.2. The number of para-hydroxylation sites is 1. The maximum absolute atomic E-state index is 13.3. The summed E-state index contributed by atoms with van der Waals surface area (Å²) in [6, 6.07) is 14.2. The predicted molar refractivity (Wildman–Crippen MR) is 143 cm³/mol. The molecule has 0 aliphatic carbocycles. The zero-order valence-corrected chi connectivity index (χ0v) is 21.7. The van der Waals surface area contributed by atoms with E-state index in [-0.39, 0.29) is 23.6 Å². The van der Waals surface area contributed by atoms with Crippen LogP contribution >= 0.6 is 0 Å². The molecule has 1 aromatic heterocycles. The monoisotopic (exact) mass is 517 g/mol. The molecule has 1 fully saturated rings. The second kappa shape index (κ2) is 11.4. The molecule has 1 atom stereocenters. The third-order valence-corrected chi connectivity index (χ3v) is 6.97. The molecule has 4 rings (SSSR count). The molecule has 0 saturated carbocycles. The van der Waals surface area contributed by atoms with E-state index in [0.717, 1.165) is 25.3 Å². The molecule has 1 aliphatic heterocycles. The van der Waals surface area contributed by atoms with Crippen LogP contribution in [0.1, 0.15) is 43.1 Å². The van der Waals surface area contributed by atoms with Crippen LogP contribution in [0.25, 0.3) is 11.4 Å². The van der Waals surface area contributed by atoms with Gasteiger partial charge < -0.3 is 14.9 Å². The summed E-state index contributed by atoms with van der Waals surface area (Å²) in [6.07, 6.45) is 2.06. The number of aromatic nitrogens is 2. The fraction of sp³-hybridized carbons (Fsp3) is 0.321. The average Bonchev–Trinajstić information content (AvgIpc) is 3.43. The molecule has 1 unspecified atom stereocenters. The fourth-order valence-corrected chi connectivity index (χ4v) is 4.89. The van der Waals surface area contributed by atoms with Gasteiger partial charge in [-0.3, -0.25) is 19.7 Å². The number of non-ortho nitro benzene ring substituents is 1. The first kappa shape index (κ1) is 26.7. The molecule has 198 valence electrons. The third kappa shape index (κ3) is 5.08. The van der Waals surface area contributed by atoms with Gasteiger partial charge in [-0.1, -0.05) is 44.2 Å². The summed E-state index contributed by atoms with van der Waals surface area (Å²) < 4.78 is 1.64. The normalized spacial score (nSPS) is 16.9. The number of carbonyl (C=O) groups is 2. The molecule has 0 bridgehead atoms. The number of amides is 1. The lowest BCUT2D eigenvalue weighted by Gasteiger charge is -2.26. The molecule has 3 aromatic rings. The van der Waals surface area contributed by atoms with Gasteiger partial charge in [-0.2, -0.15) is 5.10 Å². The number of rotatable bonds is 10. The molecule has 38 heavy (non-hydrogen) atoms. The first-order chi connectivity index (χ1) is 18.3. The lowest BCUT2D eigenvalue weighted by atomic mass is 9.95. The summed E-state index contributed by atoms with van der Waals surface area (Å²) in [6.45, 7) is 8.56. The Labute approximate surface area is 220 Å². The molecule has 0 spiro atoms. The molecule has 2 heterocycles. The number of nitro benzene ring substituents is 1. The average molecular weight is 518 g/mol. The molecule has 10 heteroatoms. The molecule has 1 amide bonds. The van der Waals surface area contributed by atoms with Crippen molar-refractivity contribution in [1.29, 1.82) is 0 Å². The number of hydrogen-bond donors (Lipinski definition) is 1. The van der Waals surface area contributed by atoms with Crippen molar-refractivity contribution in [3.8, 4) is 5.69 Å². The van der Waals surface area contributed by atoms with Gasteiger partial charge in [-0.15, -0.1) is 0 Å². The maximum atomic E-state index is 13.3. The summed E-state index contributed by atoms with van der Waals surface area (Å²) in [5.41, 5.74) is 1.79. The fourth-order valence-electron chi connectivity index (χ4n) is 4.89. The van der Waals surface area contributed by atoms with Crippen molar-refractivity contribution < 1.29 is 19.6 Å². The minimum atomic E-state index is -0.967. The SMILES string of the molecule is CCN(CC)CCCN1C(=O)C(=O)/C(=C(/O)c2cnn(-c3ccccc3)c2C)C1c1cccc([N+](=O)[O-])c1. The van der Waals surface area contributed by atoms with Gasteiger partial charge in [0.15, 0.2) is 0 Å². The van der Waals surface area contributed by atoms with E-state index in [1.54, 1.807) is 17.7 Å². The van der Waals surface area contributed by atoms with Crippen LogP contribution in [0.5, 0.6) is 0 Å². The van der Waals surface area contributed by atoms with Crippen molar-refractivity contribution in [2.24, 2.45) is 0 Å². The van der Waals surface area contributed by atoms with E-state index < -0.39 is 22.7 Å². The van der Waals surface area contributed by atoms with Crippen molar-refractivity contribution in [2.75, 3.05) is 26.2 Å². The smallest absolute Gasteiger partial charge is 0.295 e. The second-order valence-electron chi connectivity index (χ2n) is 9.12. The zero-order chi connectivity index (χ0) is 27.4. The zero-order valence-electron chi connectivity index (χ0n) is 21.7. The molecule has 1 saturated heterocycles. The van der Waals surface area contributed by atoms with Crippen LogP contribution in [0.2, 0.25) is 0 Å². The molecular weight excluding hydrogens is 486 g/mol.